The number of aliphatic hydroxyl groups is 4. The van der Waals surface area contributed by atoms with Crippen LogP contribution in [0.1, 0.15) is 80.1 Å². The molecule has 202 valence electrons. The summed E-state index contributed by atoms with van der Waals surface area (Å²) in [6.07, 6.45) is 3.55. The van der Waals surface area contributed by atoms with E-state index in [2.05, 4.69) is 11.0 Å². The number of nitrogens with zero attached hydrogens (tertiary/aromatic N) is 1. The van der Waals surface area contributed by atoms with Gasteiger partial charge in [0.1, 0.15) is 18.3 Å². The van der Waals surface area contributed by atoms with Gasteiger partial charge in [0, 0.05) is 37.2 Å². The molecule has 0 amide bonds. The minimum absolute atomic E-state index is 0.129. The molecule has 0 saturated carbocycles. The summed E-state index contributed by atoms with van der Waals surface area (Å²) >= 11 is 0. The van der Waals surface area contributed by atoms with Gasteiger partial charge in [-0.2, -0.15) is 0 Å². The Morgan fingerprint density at radius 2 is 1.69 bits per heavy atom. The summed E-state index contributed by atoms with van der Waals surface area (Å²) in [5, 5.41) is 40.2. The van der Waals surface area contributed by atoms with Crippen LogP contribution in [-0.4, -0.2) is 81.0 Å². The Kier molecular flexibility index (Phi) is 14.4. The standard InChI is InChI=1S/C23H35NO7.2C2H6/c1-14-9-17(26)10-15(2)24(14)12-16-5-3-4-6-18(11-16)30-23-20(28)8-7-19(27)22(29)21(13-25)31-23;2*1-2/h5-6,9,15,19-23,25,27-29H,3-4,7-8,10-13H2,1-2H3;2*1-2H3/t15?,19?,20-,21?,22+,23?;;/m1../s1. The van der Waals surface area contributed by atoms with Crippen molar-refractivity contribution < 1.29 is 34.7 Å². The van der Waals surface area contributed by atoms with Crippen molar-refractivity contribution in [3.63, 3.8) is 0 Å². The molecule has 0 aromatic carbocycles. The topological polar surface area (TPSA) is 120 Å². The average Bonchev–Trinajstić information content (AvgIpc) is 3.08. The second kappa shape index (κ2) is 16.1. The summed E-state index contributed by atoms with van der Waals surface area (Å²) < 4.78 is 11.7. The maximum atomic E-state index is 11.8. The normalized spacial score (nSPS) is 31.7. The quantitative estimate of drug-likeness (QED) is 0.428. The molecule has 0 spiro atoms. The molecule has 8 nitrogen and oxygen atoms in total. The fraction of sp³-hybridized carbons (Fsp3) is 0.741. The van der Waals surface area contributed by atoms with E-state index in [1.165, 1.54) is 0 Å². The molecule has 0 bridgehead atoms. The summed E-state index contributed by atoms with van der Waals surface area (Å²) in [5.41, 5.74) is 2.12. The van der Waals surface area contributed by atoms with E-state index >= 15 is 0 Å². The highest BCUT2D eigenvalue weighted by atomic mass is 16.7. The third-order valence-corrected chi connectivity index (χ3v) is 6.20. The van der Waals surface area contributed by atoms with Gasteiger partial charge in [0.15, 0.2) is 5.78 Å². The molecule has 8 heteroatoms. The number of aliphatic hydroxyl groups excluding tert-OH is 4. The van der Waals surface area contributed by atoms with Gasteiger partial charge >= 0.3 is 0 Å². The number of allylic oxidation sites excluding steroid dienone is 5. The van der Waals surface area contributed by atoms with E-state index in [1.807, 2.05) is 47.6 Å². The van der Waals surface area contributed by atoms with Crippen molar-refractivity contribution in [2.75, 3.05) is 13.2 Å². The van der Waals surface area contributed by atoms with Crippen LogP contribution in [0, 0.1) is 0 Å². The first kappa shape index (κ1) is 31.3. The van der Waals surface area contributed by atoms with Crippen molar-refractivity contribution in [1.29, 1.82) is 0 Å². The predicted molar refractivity (Wildman–Crippen MR) is 136 cm³/mol. The van der Waals surface area contributed by atoms with Gasteiger partial charge < -0.3 is 34.8 Å². The Labute approximate surface area is 210 Å². The summed E-state index contributed by atoms with van der Waals surface area (Å²) in [4.78, 5) is 14.0. The number of hydrogen-bond acceptors (Lipinski definition) is 8. The molecule has 35 heavy (non-hydrogen) atoms. The molecule has 0 aromatic rings. The van der Waals surface area contributed by atoms with Crippen molar-refractivity contribution in [2.45, 2.75) is 117 Å². The van der Waals surface area contributed by atoms with Crippen molar-refractivity contribution in [3.8, 4) is 0 Å². The number of rotatable bonds is 5. The molecule has 2 heterocycles. The van der Waals surface area contributed by atoms with Crippen LogP contribution in [-0.2, 0) is 14.3 Å². The molecule has 0 aromatic heterocycles. The van der Waals surface area contributed by atoms with E-state index in [1.54, 1.807) is 6.08 Å². The lowest BCUT2D eigenvalue weighted by molar-refractivity contribution is -0.243. The lowest BCUT2D eigenvalue weighted by atomic mass is 9.99. The molecule has 4 unspecified atom stereocenters. The average molecular weight is 498 g/mol. The van der Waals surface area contributed by atoms with E-state index in [0.29, 0.717) is 25.1 Å². The monoisotopic (exact) mass is 497 g/mol. The number of ketones is 1. The van der Waals surface area contributed by atoms with Gasteiger partial charge in [0.05, 0.1) is 18.5 Å². The first-order valence-electron chi connectivity index (χ1n) is 13.1. The molecule has 3 aliphatic rings. The smallest absolute Gasteiger partial charge is 0.226 e. The zero-order chi connectivity index (χ0) is 26.5. The second-order valence-corrected chi connectivity index (χ2v) is 8.77. The number of carbonyl (C=O) groups is 1. The van der Waals surface area contributed by atoms with E-state index < -0.39 is 37.3 Å². The molecule has 1 fully saturated rings. The van der Waals surface area contributed by atoms with Crippen LogP contribution in [0.3, 0.4) is 0 Å². The minimum atomic E-state index is -1.25. The predicted octanol–water partition coefficient (Wildman–Crippen LogP) is 3.20. The number of hydrogen-bond donors (Lipinski definition) is 4. The molecule has 1 saturated heterocycles. The highest BCUT2D eigenvalue weighted by Crippen LogP contribution is 2.28. The summed E-state index contributed by atoms with van der Waals surface area (Å²) in [7, 11) is 0. The van der Waals surface area contributed by atoms with Crippen LogP contribution >= 0.6 is 0 Å². The highest BCUT2D eigenvalue weighted by molar-refractivity contribution is 5.91. The Bertz CT molecular complexity index is 733. The Balaban J connectivity index is 0.00000145. The summed E-state index contributed by atoms with van der Waals surface area (Å²) in [6.45, 7) is 12.2. The molecular formula is C27H47NO7. The summed E-state index contributed by atoms with van der Waals surface area (Å²) in [5.74, 6) is 0.823. The van der Waals surface area contributed by atoms with E-state index in [0.717, 1.165) is 24.1 Å². The van der Waals surface area contributed by atoms with Crippen LogP contribution in [0.25, 0.3) is 0 Å². The third kappa shape index (κ3) is 9.35. The minimum Gasteiger partial charge on any atom is -0.466 e. The molecule has 2 aliphatic heterocycles. The van der Waals surface area contributed by atoms with E-state index in [9.17, 15) is 25.2 Å². The van der Waals surface area contributed by atoms with Crippen molar-refractivity contribution in [3.05, 3.63) is 35.3 Å². The van der Waals surface area contributed by atoms with Crippen molar-refractivity contribution in [2.24, 2.45) is 0 Å². The Hall–Kier alpha value is -1.71. The maximum absolute atomic E-state index is 11.8. The van der Waals surface area contributed by atoms with Crippen molar-refractivity contribution in [1.82, 2.24) is 4.90 Å². The largest absolute Gasteiger partial charge is 0.466 e. The lowest BCUT2D eigenvalue weighted by Crippen LogP contribution is -2.49. The van der Waals surface area contributed by atoms with Crippen LogP contribution in [0.5, 0.6) is 0 Å². The van der Waals surface area contributed by atoms with Gasteiger partial charge in [-0.1, -0.05) is 33.8 Å². The van der Waals surface area contributed by atoms with E-state index in [4.69, 9.17) is 9.47 Å². The lowest BCUT2D eigenvalue weighted by Gasteiger charge is -2.36. The Morgan fingerprint density at radius 3 is 2.31 bits per heavy atom. The van der Waals surface area contributed by atoms with E-state index in [-0.39, 0.29) is 24.7 Å². The van der Waals surface area contributed by atoms with Gasteiger partial charge in [-0.25, -0.2) is 0 Å². The second-order valence-electron chi connectivity index (χ2n) is 8.77. The maximum Gasteiger partial charge on any atom is 0.226 e. The molecule has 3 rings (SSSR count). The number of carbonyl (C=O) groups excluding carboxylic acids is 1. The Morgan fingerprint density at radius 1 is 1.06 bits per heavy atom. The van der Waals surface area contributed by atoms with Gasteiger partial charge in [0.2, 0.25) is 6.29 Å². The fourth-order valence-corrected chi connectivity index (χ4v) is 4.38. The first-order chi connectivity index (χ1) is 16.8. The zero-order valence-electron chi connectivity index (χ0n) is 22.3. The molecule has 0 radical (unpaired) electrons. The molecular weight excluding hydrogens is 450 g/mol. The van der Waals surface area contributed by atoms with Crippen LogP contribution in [0.4, 0.5) is 0 Å². The number of ether oxygens (including phenoxy) is 2. The molecule has 4 N–H and O–H groups in total. The first-order valence-corrected chi connectivity index (χ1v) is 13.1. The molecule has 1 aliphatic carbocycles. The fourth-order valence-electron chi connectivity index (χ4n) is 4.38. The third-order valence-electron chi connectivity index (χ3n) is 6.20. The molecule has 6 atom stereocenters. The van der Waals surface area contributed by atoms with Gasteiger partial charge in [-0.3, -0.25) is 4.79 Å². The SMILES string of the molecule is CC.CC.CC1=CC(=O)CC(C)N1CC1=CCCC=C(OC2OC(CO)[C@@H](O)C(O)CC[C@H]2O)C1. The highest BCUT2D eigenvalue weighted by Gasteiger charge is 2.36. The summed E-state index contributed by atoms with van der Waals surface area (Å²) in [6, 6.07) is 0.129. The van der Waals surface area contributed by atoms with Crippen LogP contribution < -0.4 is 0 Å². The van der Waals surface area contributed by atoms with Crippen LogP contribution in [0.15, 0.2) is 35.3 Å². The van der Waals surface area contributed by atoms with Gasteiger partial charge in [-0.15, -0.1) is 0 Å². The zero-order valence-corrected chi connectivity index (χ0v) is 22.3. The van der Waals surface area contributed by atoms with Crippen molar-refractivity contribution >= 4 is 5.78 Å². The van der Waals surface area contributed by atoms with Crippen LogP contribution in [0.2, 0.25) is 0 Å². The van der Waals surface area contributed by atoms with Gasteiger partial charge in [-0.05, 0) is 51.2 Å². The van der Waals surface area contributed by atoms with Gasteiger partial charge in [0.25, 0.3) is 0 Å².